The van der Waals surface area contributed by atoms with Crippen molar-refractivity contribution in [3.8, 4) is 6.07 Å². The molecule has 0 radical (unpaired) electrons. The van der Waals surface area contributed by atoms with Gasteiger partial charge in [0, 0.05) is 5.41 Å². The lowest BCUT2D eigenvalue weighted by atomic mass is 10.1. The van der Waals surface area contributed by atoms with Crippen LogP contribution in [0.3, 0.4) is 0 Å². The monoisotopic (exact) mass is 157 g/mol. The van der Waals surface area contributed by atoms with Crippen LogP contribution in [0.1, 0.15) is 6.42 Å². The van der Waals surface area contributed by atoms with E-state index in [1.807, 2.05) is 0 Å². The molecule has 1 saturated heterocycles. The molecule has 0 amide bonds. The topological polar surface area (TPSA) is 57.9 Å². The van der Waals surface area contributed by atoms with Crippen molar-refractivity contribution in [1.29, 1.82) is 5.26 Å². The molecule has 1 saturated carbocycles. The van der Waals surface area contributed by atoms with Crippen LogP contribution < -0.4 is 0 Å². The number of hydrogen-bond donors (Lipinski definition) is 0. The first-order valence-electron chi connectivity index (χ1n) is 3.18. The minimum Gasteiger partial charge on any atom is -0.229 e. The Labute approximate surface area is 59.6 Å². The molecule has 1 aliphatic heterocycles. The summed E-state index contributed by atoms with van der Waals surface area (Å²) < 4.78 is 21.4. The fourth-order valence-electron chi connectivity index (χ4n) is 1.68. The summed E-state index contributed by atoms with van der Waals surface area (Å²) in [7, 11) is -2.72. The average Bonchev–Trinajstić information content (AvgIpc) is 2.39. The molecule has 4 heteroatoms. The molecule has 0 bridgehead atoms. The highest BCUT2D eigenvalue weighted by Gasteiger charge is 2.65. The molecule has 1 aliphatic carbocycles. The first kappa shape index (κ1) is 6.17. The van der Waals surface area contributed by atoms with Crippen LogP contribution >= 0.6 is 0 Å². The summed E-state index contributed by atoms with van der Waals surface area (Å²) in [6.07, 6.45) is 0.808. The minimum absolute atomic E-state index is 0.0380. The molecule has 2 aliphatic rings. The molecule has 0 aromatic rings. The summed E-state index contributed by atoms with van der Waals surface area (Å²) in [6.45, 7) is 0. The second-order valence-corrected chi connectivity index (χ2v) is 5.34. The van der Waals surface area contributed by atoms with E-state index < -0.39 is 9.84 Å². The molecule has 0 aromatic heterocycles. The van der Waals surface area contributed by atoms with Crippen LogP contribution in [0.25, 0.3) is 0 Å². The number of sulfone groups is 1. The fraction of sp³-hybridized carbons (Fsp3) is 0.833. The van der Waals surface area contributed by atoms with Crippen LogP contribution in [0, 0.1) is 22.7 Å². The Balaban J connectivity index is 2.13. The molecule has 0 N–H and O–H groups in total. The SMILES string of the molecule is N#CC1CC12CS(=O)(=O)C2. The molecule has 2 rings (SSSR count). The molecular formula is C6H7NO2S. The molecule has 1 heterocycles. The van der Waals surface area contributed by atoms with Crippen molar-refractivity contribution in [3.05, 3.63) is 0 Å². The Morgan fingerprint density at radius 2 is 2.10 bits per heavy atom. The van der Waals surface area contributed by atoms with Crippen LogP contribution in [0.5, 0.6) is 0 Å². The second kappa shape index (κ2) is 1.37. The van der Waals surface area contributed by atoms with E-state index in [1.54, 1.807) is 0 Å². The number of rotatable bonds is 0. The summed E-state index contributed by atoms with van der Waals surface area (Å²) >= 11 is 0. The number of hydrogen-bond acceptors (Lipinski definition) is 3. The van der Waals surface area contributed by atoms with E-state index >= 15 is 0 Å². The van der Waals surface area contributed by atoms with Gasteiger partial charge in [0.2, 0.25) is 0 Å². The second-order valence-electron chi connectivity index (χ2n) is 3.28. The van der Waals surface area contributed by atoms with Crippen molar-refractivity contribution in [2.45, 2.75) is 6.42 Å². The standard InChI is InChI=1S/C6H7NO2S/c7-2-5-1-6(5)3-10(8,9)4-6/h5H,1,3-4H2. The molecule has 54 valence electrons. The lowest BCUT2D eigenvalue weighted by Crippen LogP contribution is -2.39. The molecule has 2 fully saturated rings. The maximum absolute atomic E-state index is 10.7. The summed E-state index contributed by atoms with van der Waals surface area (Å²) in [6, 6.07) is 2.10. The van der Waals surface area contributed by atoms with Gasteiger partial charge in [0.05, 0.1) is 23.5 Å². The molecule has 1 spiro atoms. The van der Waals surface area contributed by atoms with Crippen molar-refractivity contribution in [3.63, 3.8) is 0 Å². The Morgan fingerprint density at radius 1 is 1.50 bits per heavy atom. The predicted molar refractivity (Wildman–Crippen MR) is 34.8 cm³/mol. The Bertz CT molecular complexity index is 299. The van der Waals surface area contributed by atoms with Crippen molar-refractivity contribution in [2.75, 3.05) is 11.5 Å². The van der Waals surface area contributed by atoms with E-state index in [9.17, 15) is 8.42 Å². The highest BCUT2D eigenvalue weighted by molar-refractivity contribution is 7.92. The van der Waals surface area contributed by atoms with Crippen LogP contribution in [0.4, 0.5) is 0 Å². The summed E-state index contributed by atoms with van der Waals surface area (Å²) in [5, 5.41) is 8.43. The van der Waals surface area contributed by atoms with Crippen LogP contribution in [0.15, 0.2) is 0 Å². The average molecular weight is 157 g/mol. The molecular weight excluding hydrogens is 150 g/mol. The first-order chi connectivity index (χ1) is 4.58. The zero-order chi connectivity index (χ0) is 7.41. The number of nitriles is 1. The van der Waals surface area contributed by atoms with Gasteiger partial charge in [-0.1, -0.05) is 0 Å². The zero-order valence-corrected chi connectivity index (χ0v) is 6.19. The third kappa shape index (κ3) is 0.613. The van der Waals surface area contributed by atoms with E-state index in [1.165, 1.54) is 0 Å². The van der Waals surface area contributed by atoms with Gasteiger partial charge in [-0.15, -0.1) is 0 Å². The predicted octanol–water partition coefficient (Wildman–Crippen LogP) is -0.0553. The third-order valence-corrected chi connectivity index (χ3v) is 4.39. The lowest BCUT2D eigenvalue weighted by Gasteiger charge is -2.25. The quantitative estimate of drug-likeness (QED) is 0.495. The van der Waals surface area contributed by atoms with E-state index in [2.05, 4.69) is 6.07 Å². The largest absolute Gasteiger partial charge is 0.229 e. The van der Waals surface area contributed by atoms with Gasteiger partial charge in [-0.25, -0.2) is 8.42 Å². The van der Waals surface area contributed by atoms with Crippen molar-refractivity contribution >= 4 is 9.84 Å². The van der Waals surface area contributed by atoms with Crippen LogP contribution in [-0.2, 0) is 9.84 Å². The van der Waals surface area contributed by atoms with E-state index in [4.69, 9.17) is 5.26 Å². The molecule has 10 heavy (non-hydrogen) atoms. The summed E-state index contributed by atoms with van der Waals surface area (Å²) in [4.78, 5) is 0. The molecule has 1 atom stereocenters. The fourth-order valence-corrected chi connectivity index (χ4v) is 3.99. The zero-order valence-electron chi connectivity index (χ0n) is 5.37. The van der Waals surface area contributed by atoms with Gasteiger partial charge in [0.1, 0.15) is 0 Å². The van der Waals surface area contributed by atoms with Gasteiger partial charge in [0.15, 0.2) is 9.84 Å². The van der Waals surface area contributed by atoms with E-state index in [0.717, 1.165) is 6.42 Å². The van der Waals surface area contributed by atoms with E-state index in [-0.39, 0.29) is 22.8 Å². The van der Waals surface area contributed by atoms with Gasteiger partial charge < -0.3 is 0 Å². The van der Waals surface area contributed by atoms with Gasteiger partial charge in [-0.05, 0) is 6.42 Å². The molecule has 1 unspecified atom stereocenters. The molecule has 0 aromatic carbocycles. The molecule has 3 nitrogen and oxygen atoms in total. The minimum atomic E-state index is -2.72. The van der Waals surface area contributed by atoms with Crippen molar-refractivity contribution in [1.82, 2.24) is 0 Å². The third-order valence-electron chi connectivity index (χ3n) is 2.36. The van der Waals surface area contributed by atoms with Crippen molar-refractivity contribution < 1.29 is 8.42 Å². The smallest absolute Gasteiger partial charge is 0.151 e. The van der Waals surface area contributed by atoms with Gasteiger partial charge in [-0.2, -0.15) is 5.26 Å². The first-order valence-corrected chi connectivity index (χ1v) is 5.00. The van der Waals surface area contributed by atoms with Crippen molar-refractivity contribution in [2.24, 2.45) is 11.3 Å². The normalized spacial score (nSPS) is 38.1. The lowest BCUT2D eigenvalue weighted by molar-refractivity contribution is 0.499. The van der Waals surface area contributed by atoms with E-state index in [0.29, 0.717) is 0 Å². The summed E-state index contributed by atoms with van der Waals surface area (Å²) in [5.41, 5.74) is -0.0758. The van der Waals surface area contributed by atoms with Gasteiger partial charge in [0.25, 0.3) is 0 Å². The Kier molecular flexibility index (Phi) is 0.848. The van der Waals surface area contributed by atoms with Gasteiger partial charge in [-0.3, -0.25) is 0 Å². The highest BCUT2D eigenvalue weighted by Crippen LogP contribution is 2.59. The summed E-state index contributed by atoms with van der Waals surface area (Å²) in [5.74, 6) is 0.562. The van der Waals surface area contributed by atoms with Crippen LogP contribution in [0.2, 0.25) is 0 Å². The highest BCUT2D eigenvalue weighted by atomic mass is 32.2. The Morgan fingerprint density at radius 3 is 2.40 bits per heavy atom. The van der Waals surface area contributed by atoms with Gasteiger partial charge >= 0.3 is 0 Å². The number of nitrogens with zero attached hydrogens (tertiary/aromatic N) is 1. The Hall–Kier alpha value is -0.560. The van der Waals surface area contributed by atoms with Crippen LogP contribution in [-0.4, -0.2) is 19.9 Å². The maximum atomic E-state index is 10.7. The maximum Gasteiger partial charge on any atom is 0.151 e.